The third-order valence-corrected chi connectivity index (χ3v) is 4.91. The van der Waals surface area contributed by atoms with Crippen molar-refractivity contribution >= 4 is 29.1 Å². The maximum atomic E-state index is 12.7. The van der Waals surface area contributed by atoms with Crippen molar-refractivity contribution in [2.45, 2.75) is 18.6 Å². The van der Waals surface area contributed by atoms with Gasteiger partial charge in [-0.3, -0.25) is 9.69 Å². The normalized spacial score (nSPS) is 19.2. The van der Waals surface area contributed by atoms with Crippen molar-refractivity contribution in [3.63, 3.8) is 0 Å². The molecular weight excluding hydrogens is 334 g/mol. The summed E-state index contributed by atoms with van der Waals surface area (Å²) in [7, 11) is 0. The van der Waals surface area contributed by atoms with Crippen molar-refractivity contribution in [1.82, 2.24) is 4.90 Å². The Kier molecular flexibility index (Phi) is 5.50. The van der Waals surface area contributed by atoms with Gasteiger partial charge in [0, 0.05) is 6.54 Å². The molecule has 0 aliphatic carbocycles. The topological polar surface area (TPSA) is 58.2 Å². The number of thioether (sulfide) groups is 1. The molecule has 1 atom stereocenters. The SMILES string of the molecule is C=CCN1C(=O)C(Cc2ccc(C)cc2)SC1=NN=Cc1ccco1. The molecule has 5 nitrogen and oxygen atoms in total. The summed E-state index contributed by atoms with van der Waals surface area (Å²) >= 11 is 1.44. The van der Waals surface area contributed by atoms with Gasteiger partial charge in [-0.1, -0.05) is 47.7 Å². The second kappa shape index (κ2) is 7.98. The second-order valence-electron chi connectivity index (χ2n) is 5.68. The second-order valence-corrected chi connectivity index (χ2v) is 6.85. The highest BCUT2D eigenvalue weighted by atomic mass is 32.2. The average Bonchev–Trinajstić information content (AvgIpc) is 3.21. The molecule has 1 amide bonds. The summed E-state index contributed by atoms with van der Waals surface area (Å²) in [5.41, 5.74) is 2.34. The molecule has 0 radical (unpaired) electrons. The number of amidine groups is 1. The van der Waals surface area contributed by atoms with Gasteiger partial charge in [0.1, 0.15) is 5.76 Å². The van der Waals surface area contributed by atoms with Gasteiger partial charge >= 0.3 is 0 Å². The standard InChI is InChI=1S/C19H19N3O2S/c1-3-10-22-18(23)17(12-15-8-6-14(2)7-9-15)25-19(22)21-20-13-16-5-4-11-24-16/h3-9,11,13,17H,1,10,12H2,2H3. The van der Waals surface area contributed by atoms with Gasteiger partial charge in [0.15, 0.2) is 5.17 Å². The molecule has 25 heavy (non-hydrogen) atoms. The fourth-order valence-corrected chi connectivity index (χ4v) is 3.60. The number of hydrogen-bond donors (Lipinski definition) is 0. The molecule has 1 fully saturated rings. The van der Waals surface area contributed by atoms with Crippen molar-refractivity contribution in [3.05, 3.63) is 72.2 Å². The molecule has 1 saturated heterocycles. The number of aryl methyl sites for hydroxylation is 1. The van der Waals surface area contributed by atoms with E-state index in [-0.39, 0.29) is 11.2 Å². The largest absolute Gasteiger partial charge is 0.463 e. The maximum Gasteiger partial charge on any atom is 0.242 e. The zero-order chi connectivity index (χ0) is 17.6. The highest BCUT2D eigenvalue weighted by molar-refractivity contribution is 8.15. The molecule has 1 aromatic heterocycles. The summed E-state index contributed by atoms with van der Waals surface area (Å²) in [5, 5.41) is 8.63. The van der Waals surface area contributed by atoms with Crippen molar-refractivity contribution in [2.24, 2.45) is 10.2 Å². The Hall–Kier alpha value is -2.60. The summed E-state index contributed by atoms with van der Waals surface area (Å²) in [5.74, 6) is 0.655. The van der Waals surface area contributed by atoms with E-state index in [9.17, 15) is 4.79 Å². The molecule has 0 N–H and O–H groups in total. The van der Waals surface area contributed by atoms with Crippen LogP contribution in [0, 0.1) is 6.92 Å². The van der Waals surface area contributed by atoms with E-state index in [0.717, 1.165) is 5.56 Å². The molecular formula is C19H19N3O2S. The molecule has 128 valence electrons. The lowest BCUT2D eigenvalue weighted by molar-refractivity contribution is -0.125. The van der Waals surface area contributed by atoms with E-state index >= 15 is 0 Å². The van der Waals surface area contributed by atoms with Crippen LogP contribution in [0.2, 0.25) is 0 Å². The quantitative estimate of drug-likeness (QED) is 0.452. The van der Waals surface area contributed by atoms with Gasteiger partial charge in [0.2, 0.25) is 5.91 Å². The van der Waals surface area contributed by atoms with Crippen LogP contribution in [0.4, 0.5) is 0 Å². The molecule has 2 heterocycles. The van der Waals surface area contributed by atoms with Crippen molar-refractivity contribution in [1.29, 1.82) is 0 Å². The van der Waals surface area contributed by atoms with Crippen molar-refractivity contribution in [2.75, 3.05) is 6.54 Å². The molecule has 0 saturated carbocycles. The molecule has 1 aliphatic heterocycles. The van der Waals surface area contributed by atoms with E-state index in [2.05, 4.69) is 41.0 Å². The minimum Gasteiger partial charge on any atom is -0.463 e. The first-order valence-electron chi connectivity index (χ1n) is 7.96. The fourth-order valence-electron chi connectivity index (χ4n) is 2.45. The van der Waals surface area contributed by atoms with Gasteiger partial charge in [-0.2, -0.15) is 5.10 Å². The Bertz CT molecular complexity index is 795. The number of hydrogen-bond acceptors (Lipinski definition) is 5. The lowest BCUT2D eigenvalue weighted by atomic mass is 10.1. The summed E-state index contributed by atoms with van der Waals surface area (Å²) in [4.78, 5) is 14.3. The van der Waals surface area contributed by atoms with Crippen LogP contribution in [0.15, 0.2) is 69.9 Å². The van der Waals surface area contributed by atoms with Gasteiger partial charge in [0.25, 0.3) is 0 Å². The molecule has 1 unspecified atom stereocenters. The van der Waals surface area contributed by atoms with Gasteiger partial charge in [-0.05, 0) is 31.0 Å². The van der Waals surface area contributed by atoms with Crippen LogP contribution in [0.3, 0.4) is 0 Å². The van der Waals surface area contributed by atoms with Gasteiger partial charge < -0.3 is 4.42 Å². The van der Waals surface area contributed by atoms with Gasteiger partial charge in [-0.25, -0.2) is 0 Å². The Morgan fingerprint density at radius 1 is 1.32 bits per heavy atom. The van der Waals surface area contributed by atoms with Crippen LogP contribution < -0.4 is 0 Å². The predicted molar refractivity (Wildman–Crippen MR) is 102 cm³/mol. The van der Waals surface area contributed by atoms with E-state index < -0.39 is 0 Å². The van der Waals surface area contributed by atoms with Crippen LogP contribution in [-0.4, -0.2) is 34.0 Å². The van der Waals surface area contributed by atoms with Crippen LogP contribution in [-0.2, 0) is 11.2 Å². The van der Waals surface area contributed by atoms with Gasteiger partial charge in [0.05, 0.1) is 17.7 Å². The summed E-state index contributed by atoms with van der Waals surface area (Å²) in [6, 6.07) is 11.8. The highest BCUT2D eigenvalue weighted by Crippen LogP contribution is 2.30. The average molecular weight is 353 g/mol. The Morgan fingerprint density at radius 3 is 2.80 bits per heavy atom. The number of nitrogens with zero attached hydrogens (tertiary/aromatic N) is 3. The number of carbonyl (C=O) groups excluding carboxylic acids is 1. The van der Waals surface area contributed by atoms with Crippen LogP contribution in [0.25, 0.3) is 0 Å². The minimum atomic E-state index is -0.194. The smallest absolute Gasteiger partial charge is 0.242 e. The number of carbonyl (C=O) groups is 1. The maximum absolute atomic E-state index is 12.7. The van der Waals surface area contributed by atoms with E-state index in [0.29, 0.717) is 23.9 Å². The first-order valence-corrected chi connectivity index (χ1v) is 8.84. The van der Waals surface area contributed by atoms with E-state index in [1.807, 2.05) is 6.92 Å². The molecule has 0 spiro atoms. The molecule has 1 aromatic carbocycles. The lowest BCUT2D eigenvalue weighted by Gasteiger charge is -2.12. The number of benzene rings is 1. The molecule has 0 bridgehead atoms. The molecule has 6 heteroatoms. The number of furan rings is 1. The van der Waals surface area contributed by atoms with E-state index in [1.54, 1.807) is 29.4 Å². The number of rotatable bonds is 6. The minimum absolute atomic E-state index is 0.0393. The van der Waals surface area contributed by atoms with Crippen molar-refractivity contribution < 1.29 is 9.21 Å². The first-order chi connectivity index (χ1) is 12.2. The Balaban J connectivity index is 1.74. The van der Waals surface area contributed by atoms with Crippen LogP contribution >= 0.6 is 11.8 Å². The van der Waals surface area contributed by atoms with E-state index in [1.165, 1.54) is 23.5 Å². The predicted octanol–water partition coefficient (Wildman–Crippen LogP) is 3.65. The van der Waals surface area contributed by atoms with E-state index in [4.69, 9.17) is 4.42 Å². The lowest BCUT2D eigenvalue weighted by Crippen LogP contribution is -2.32. The third kappa shape index (κ3) is 4.28. The summed E-state index contributed by atoms with van der Waals surface area (Å²) in [6.07, 6.45) is 5.46. The van der Waals surface area contributed by atoms with Gasteiger partial charge in [-0.15, -0.1) is 11.7 Å². The third-order valence-electron chi connectivity index (χ3n) is 3.74. The summed E-state index contributed by atoms with van der Waals surface area (Å²) in [6.45, 7) is 6.19. The summed E-state index contributed by atoms with van der Waals surface area (Å²) < 4.78 is 5.18. The molecule has 1 aliphatic rings. The monoisotopic (exact) mass is 353 g/mol. The molecule has 3 rings (SSSR count). The fraction of sp³-hybridized carbons (Fsp3) is 0.211. The first kappa shape index (κ1) is 17.2. The van der Waals surface area contributed by atoms with Crippen molar-refractivity contribution in [3.8, 4) is 0 Å². The zero-order valence-corrected chi connectivity index (χ0v) is 14.8. The van der Waals surface area contributed by atoms with Crippen LogP contribution in [0.5, 0.6) is 0 Å². The molecule has 2 aromatic rings. The van der Waals surface area contributed by atoms with Crippen LogP contribution in [0.1, 0.15) is 16.9 Å². The Morgan fingerprint density at radius 2 is 2.12 bits per heavy atom. The highest BCUT2D eigenvalue weighted by Gasteiger charge is 2.37. The zero-order valence-electron chi connectivity index (χ0n) is 14.0. The Labute approximate surface area is 151 Å². The number of amides is 1.